The fourth-order valence-electron chi connectivity index (χ4n) is 2.51. The monoisotopic (exact) mass is 312 g/mol. The van der Waals surface area contributed by atoms with Crippen molar-refractivity contribution in [3.05, 3.63) is 23.2 Å². The maximum Gasteiger partial charge on any atom is 0.319 e. The van der Waals surface area contributed by atoms with E-state index in [-0.39, 0.29) is 6.04 Å². The minimum atomic E-state index is -0.870. The largest absolute Gasteiger partial charge is 0.495 e. The fourth-order valence-corrected chi connectivity index (χ4v) is 2.77. The number of carbonyl (C=O) groups excluding carboxylic acids is 1. The number of nitrogens with one attached hydrogen (secondary N) is 2. The number of hydrogen-bond acceptors (Lipinski definition) is 3. The van der Waals surface area contributed by atoms with Gasteiger partial charge in [0.15, 0.2) is 0 Å². The Labute approximate surface area is 127 Å². The number of rotatable bonds is 4. The number of anilines is 1. The number of aliphatic carboxylic acids is 1. The molecule has 1 saturated carbocycles. The number of urea groups is 1. The predicted octanol–water partition coefficient (Wildman–Crippen LogP) is 2.72. The van der Waals surface area contributed by atoms with E-state index >= 15 is 0 Å². The van der Waals surface area contributed by atoms with Crippen molar-refractivity contribution >= 4 is 29.3 Å². The molecule has 0 aromatic heterocycles. The Balaban J connectivity index is 1.95. The lowest BCUT2D eigenvalue weighted by Crippen LogP contribution is -2.42. The van der Waals surface area contributed by atoms with Crippen molar-refractivity contribution in [1.82, 2.24) is 5.32 Å². The summed E-state index contributed by atoms with van der Waals surface area (Å²) in [5.41, 5.74) is 0.517. The molecule has 0 radical (unpaired) electrons. The van der Waals surface area contributed by atoms with Crippen molar-refractivity contribution < 1.29 is 19.4 Å². The third-order valence-corrected chi connectivity index (χ3v) is 3.85. The van der Waals surface area contributed by atoms with Crippen LogP contribution in [0.3, 0.4) is 0 Å². The number of benzene rings is 1. The number of carbonyl (C=O) groups is 2. The van der Waals surface area contributed by atoms with Gasteiger partial charge < -0.3 is 20.5 Å². The molecule has 0 heterocycles. The van der Waals surface area contributed by atoms with Crippen LogP contribution in [0, 0.1) is 5.92 Å². The minimum Gasteiger partial charge on any atom is -0.495 e. The lowest BCUT2D eigenvalue weighted by atomic mass is 10.0. The van der Waals surface area contributed by atoms with Crippen molar-refractivity contribution in [2.45, 2.75) is 25.3 Å². The molecule has 1 aromatic carbocycles. The third kappa shape index (κ3) is 3.78. The molecule has 1 aromatic rings. The van der Waals surface area contributed by atoms with Gasteiger partial charge in [0.25, 0.3) is 0 Å². The second-order valence-corrected chi connectivity index (χ2v) is 5.34. The zero-order chi connectivity index (χ0) is 15.4. The Kier molecular flexibility index (Phi) is 4.90. The molecule has 1 aliphatic rings. The lowest BCUT2D eigenvalue weighted by Gasteiger charge is -2.18. The molecule has 21 heavy (non-hydrogen) atoms. The minimum absolute atomic E-state index is 0.337. The molecule has 1 aliphatic carbocycles. The molecule has 2 rings (SSSR count). The molecule has 2 atom stereocenters. The van der Waals surface area contributed by atoms with E-state index in [1.165, 1.54) is 7.11 Å². The first-order valence-corrected chi connectivity index (χ1v) is 7.03. The van der Waals surface area contributed by atoms with Crippen LogP contribution in [-0.4, -0.2) is 30.3 Å². The molecule has 2 amide bonds. The van der Waals surface area contributed by atoms with Crippen LogP contribution >= 0.6 is 11.6 Å². The molecule has 0 saturated heterocycles. The van der Waals surface area contributed by atoms with Gasteiger partial charge in [0.05, 0.1) is 18.1 Å². The zero-order valence-electron chi connectivity index (χ0n) is 11.6. The van der Waals surface area contributed by atoms with Gasteiger partial charge in [-0.1, -0.05) is 18.0 Å². The first-order chi connectivity index (χ1) is 10.0. The van der Waals surface area contributed by atoms with Gasteiger partial charge >= 0.3 is 12.0 Å². The molecule has 1 fully saturated rings. The SMILES string of the molecule is COc1ccc(NC(=O)NC2CCCC2C(=O)O)cc1Cl. The molecule has 3 N–H and O–H groups in total. The highest BCUT2D eigenvalue weighted by Gasteiger charge is 2.33. The summed E-state index contributed by atoms with van der Waals surface area (Å²) in [5.74, 6) is -0.871. The van der Waals surface area contributed by atoms with Crippen molar-refractivity contribution in [2.24, 2.45) is 5.92 Å². The zero-order valence-corrected chi connectivity index (χ0v) is 12.3. The predicted molar refractivity (Wildman–Crippen MR) is 78.9 cm³/mol. The standard InChI is InChI=1S/C14H17ClN2O4/c1-21-12-6-5-8(7-10(12)15)16-14(20)17-11-4-2-3-9(11)13(18)19/h5-7,9,11H,2-4H2,1H3,(H,18,19)(H2,16,17,20). The van der Waals surface area contributed by atoms with Gasteiger partial charge in [0.2, 0.25) is 0 Å². The quantitative estimate of drug-likeness (QED) is 0.797. The molecule has 114 valence electrons. The molecule has 2 unspecified atom stereocenters. The highest BCUT2D eigenvalue weighted by molar-refractivity contribution is 6.32. The average molecular weight is 313 g/mol. The van der Waals surface area contributed by atoms with Crippen molar-refractivity contribution in [1.29, 1.82) is 0 Å². The van der Waals surface area contributed by atoms with Gasteiger partial charge in [-0.3, -0.25) is 4.79 Å². The van der Waals surface area contributed by atoms with Crippen molar-refractivity contribution in [2.75, 3.05) is 12.4 Å². The van der Waals surface area contributed by atoms with E-state index in [4.69, 9.17) is 21.4 Å². The lowest BCUT2D eigenvalue weighted by molar-refractivity contribution is -0.142. The van der Waals surface area contributed by atoms with Gasteiger partial charge in [-0.05, 0) is 31.0 Å². The van der Waals surface area contributed by atoms with Crippen LogP contribution in [0.1, 0.15) is 19.3 Å². The Morgan fingerprint density at radius 2 is 2.14 bits per heavy atom. The van der Waals surface area contributed by atoms with E-state index in [0.29, 0.717) is 29.3 Å². The summed E-state index contributed by atoms with van der Waals surface area (Å²) in [4.78, 5) is 23.0. The molecule has 6 nitrogen and oxygen atoms in total. The Hall–Kier alpha value is -1.95. The second-order valence-electron chi connectivity index (χ2n) is 4.93. The van der Waals surface area contributed by atoms with Gasteiger partial charge in [-0.2, -0.15) is 0 Å². The maximum atomic E-state index is 11.9. The van der Waals surface area contributed by atoms with E-state index in [1.54, 1.807) is 18.2 Å². The van der Waals surface area contributed by atoms with Gasteiger partial charge in [-0.25, -0.2) is 4.79 Å². The van der Waals surface area contributed by atoms with E-state index in [0.717, 1.165) is 6.42 Å². The summed E-state index contributed by atoms with van der Waals surface area (Å²) in [6.07, 6.45) is 2.07. The Bertz CT molecular complexity index is 550. The maximum absolute atomic E-state index is 11.9. The number of carboxylic acid groups (broad SMARTS) is 1. The Morgan fingerprint density at radius 3 is 2.76 bits per heavy atom. The first-order valence-electron chi connectivity index (χ1n) is 6.65. The summed E-state index contributed by atoms with van der Waals surface area (Å²) in [5, 5.41) is 14.8. The molecular formula is C14H17ClN2O4. The van der Waals surface area contributed by atoms with Gasteiger partial charge in [0.1, 0.15) is 5.75 Å². The fraction of sp³-hybridized carbons (Fsp3) is 0.429. The summed E-state index contributed by atoms with van der Waals surface area (Å²) < 4.78 is 5.03. The molecule has 7 heteroatoms. The van der Waals surface area contributed by atoms with E-state index in [2.05, 4.69) is 10.6 Å². The topological polar surface area (TPSA) is 87.7 Å². The highest BCUT2D eigenvalue weighted by atomic mass is 35.5. The number of methoxy groups -OCH3 is 1. The second kappa shape index (κ2) is 6.67. The van der Waals surface area contributed by atoms with Crippen LogP contribution < -0.4 is 15.4 Å². The van der Waals surface area contributed by atoms with Gasteiger partial charge in [-0.15, -0.1) is 0 Å². The number of amides is 2. The number of carboxylic acids is 1. The average Bonchev–Trinajstić information content (AvgIpc) is 2.87. The van der Waals surface area contributed by atoms with Crippen molar-refractivity contribution in [3.8, 4) is 5.75 Å². The number of hydrogen-bond donors (Lipinski definition) is 3. The molecule has 0 aliphatic heterocycles. The normalized spacial score (nSPS) is 20.9. The summed E-state index contributed by atoms with van der Waals surface area (Å²) in [6.45, 7) is 0. The van der Waals surface area contributed by atoms with Crippen LogP contribution in [0.4, 0.5) is 10.5 Å². The summed E-state index contributed by atoms with van der Waals surface area (Å²) in [7, 11) is 1.51. The van der Waals surface area contributed by atoms with E-state index in [1.807, 2.05) is 0 Å². The molecule has 0 spiro atoms. The number of ether oxygens (including phenoxy) is 1. The number of halogens is 1. The first kappa shape index (κ1) is 15.4. The van der Waals surface area contributed by atoms with Crippen molar-refractivity contribution in [3.63, 3.8) is 0 Å². The van der Waals surface area contributed by atoms with Crippen LogP contribution in [-0.2, 0) is 4.79 Å². The van der Waals surface area contributed by atoms with Crippen LogP contribution in [0.15, 0.2) is 18.2 Å². The highest BCUT2D eigenvalue weighted by Crippen LogP contribution is 2.28. The summed E-state index contributed by atoms with van der Waals surface area (Å²) in [6, 6.07) is 4.11. The molecular weight excluding hydrogens is 296 g/mol. The third-order valence-electron chi connectivity index (χ3n) is 3.56. The smallest absolute Gasteiger partial charge is 0.319 e. The van der Waals surface area contributed by atoms with Crippen LogP contribution in [0.25, 0.3) is 0 Å². The van der Waals surface area contributed by atoms with Gasteiger partial charge in [0, 0.05) is 11.7 Å². The van der Waals surface area contributed by atoms with Crippen LogP contribution in [0.5, 0.6) is 5.75 Å². The van der Waals surface area contributed by atoms with E-state index < -0.39 is 17.9 Å². The molecule has 0 bridgehead atoms. The Morgan fingerprint density at radius 1 is 1.38 bits per heavy atom. The summed E-state index contributed by atoms with van der Waals surface area (Å²) >= 11 is 5.97. The van der Waals surface area contributed by atoms with Crippen LogP contribution in [0.2, 0.25) is 5.02 Å². The van der Waals surface area contributed by atoms with E-state index in [9.17, 15) is 9.59 Å².